The van der Waals surface area contributed by atoms with Gasteiger partial charge in [-0.1, -0.05) is 13.8 Å². The van der Waals surface area contributed by atoms with Crippen molar-refractivity contribution in [1.29, 1.82) is 0 Å². The van der Waals surface area contributed by atoms with E-state index in [1.165, 1.54) is 0 Å². The number of carbonyl (C=O) groups is 1. The Labute approximate surface area is 94.1 Å². The molecule has 0 unspecified atom stereocenters. The fourth-order valence-corrected chi connectivity index (χ4v) is 1.60. The highest BCUT2D eigenvalue weighted by Gasteiger charge is 2.04. The minimum absolute atomic E-state index is 0.0592. The Kier molecular flexibility index (Phi) is 5.28. The second-order valence-electron chi connectivity index (χ2n) is 3.55. The molecule has 1 rings (SSSR count). The Hall–Kier alpha value is -0.940. The molecule has 2 N–H and O–H groups in total. The fourth-order valence-electron chi connectivity index (χ4n) is 1.01. The maximum atomic E-state index is 11.2. The minimum atomic E-state index is 0.0592. The first kappa shape index (κ1) is 12.1. The number of hydrogen-bond acceptors (Lipinski definition) is 4. The highest BCUT2D eigenvalue weighted by molar-refractivity contribution is 7.09. The lowest BCUT2D eigenvalue weighted by Gasteiger charge is -2.07. The van der Waals surface area contributed by atoms with Gasteiger partial charge in [0.1, 0.15) is 5.01 Å². The van der Waals surface area contributed by atoms with Crippen LogP contribution in [0.5, 0.6) is 0 Å². The van der Waals surface area contributed by atoms with Crippen LogP contribution in [0.2, 0.25) is 0 Å². The van der Waals surface area contributed by atoms with Crippen molar-refractivity contribution in [2.24, 2.45) is 5.92 Å². The molecule has 0 aliphatic heterocycles. The summed E-state index contributed by atoms with van der Waals surface area (Å²) in [6, 6.07) is 0. The number of amides is 1. The van der Waals surface area contributed by atoms with E-state index in [4.69, 9.17) is 0 Å². The zero-order valence-electron chi connectivity index (χ0n) is 9.12. The smallest absolute Gasteiger partial charge is 0.222 e. The first-order chi connectivity index (χ1) is 7.20. The van der Waals surface area contributed by atoms with E-state index in [9.17, 15) is 4.79 Å². The number of nitrogens with one attached hydrogen (secondary N) is 2. The van der Waals surface area contributed by atoms with Crippen molar-refractivity contribution >= 4 is 17.2 Å². The van der Waals surface area contributed by atoms with Gasteiger partial charge in [0.2, 0.25) is 5.91 Å². The number of aromatic nitrogens is 1. The maximum Gasteiger partial charge on any atom is 0.222 e. The van der Waals surface area contributed by atoms with Gasteiger partial charge in [-0.3, -0.25) is 4.79 Å². The van der Waals surface area contributed by atoms with Crippen molar-refractivity contribution in [3.05, 3.63) is 16.6 Å². The van der Waals surface area contributed by atoms with Gasteiger partial charge in [0.05, 0.1) is 0 Å². The molecule has 0 aliphatic rings. The van der Waals surface area contributed by atoms with E-state index in [1.807, 2.05) is 19.2 Å². The number of carbonyl (C=O) groups excluding carboxylic acids is 1. The molecular formula is C10H17N3OS. The van der Waals surface area contributed by atoms with E-state index < -0.39 is 0 Å². The molecule has 0 fully saturated rings. The van der Waals surface area contributed by atoms with Gasteiger partial charge < -0.3 is 10.6 Å². The largest absolute Gasteiger partial charge is 0.355 e. The quantitative estimate of drug-likeness (QED) is 0.713. The molecule has 0 radical (unpaired) electrons. The zero-order valence-corrected chi connectivity index (χ0v) is 9.93. The van der Waals surface area contributed by atoms with Crippen LogP contribution in [0.3, 0.4) is 0 Å². The van der Waals surface area contributed by atoms with Crippen LogP contribution in [0.15, 0.2) is 11.6 Å². The summed E-state index contributed by atoms with van der Waals surface area (Å²) in [6.07, 6.45) is 1.79. The van der Waals surface area contributed by atoms with Crippen molar-refractivity contribution < 1.29 is 4.79 Å². The molecule has 1 amide bonds. The lowest BCUT2D eigenvalue weighted by molar-refractivity contribution is -0.123. The summed E-state index contributed by atoms with van der Waals surface area (Å²) in [5.41, 5.74) is 0. The second-order valence-corrected chi connectivity index (χ2v) is 4.53. The molecule has 0 saturated carbocycles. The van der Waals surface area contributed by atoms with Gasteiger partial charge in [-0.05, 0) is 0 Å². The Morgan fingerprint density at radius 1 is 1.53 bits per heavy atom. The zero-order chi connectivity index (χ0) is 11.1. The van der Waals surface area contributed by atoms with Gasteiger partial charge in [0, 0.05) is 37.1 Å². The monoisotopic (exact) mass is 227 g/mol. The van der Waals surface area contributed by atoms with Gasteiger partial charge in [0.15, 0.2) is 0 Å². The molecular weight excluding hydrogens is 210 g/mol. The van der Waals surface area contributed by atoms with E-state index in [1.54, 1.807) is 17.5 Å². The number of nitrogens with zero attached hydrogens (tertiary/aromatic N) is 1. The van der Waals surface area contributed by atoms with Crippen LogP contribution in [0.1, 0.15) is 18.9 Å². The van der Waals surface area contributed by atoms with Crippen LogP contribution < -0.4 is 10.6 Å². The molecule has 0 saturated heterocycles. The average Bonchev–Trinajstić information content (AvgIpc) is 2.69. The number of hydrogen-bond donors (Lipinski definition) is 2. The molecule has 0 atom stereocenters. The lowest BCUT2D eigenvalue weighted by Crippen LogP contribution is -2.34. The number of rotatable bonds is 6. The Balaban J connectivity index is 2.00. The summed E-state index contributed by atoms with van der Waals surface area (Å²) in [7, 11) is 0. The summed E-state index contributed by atoms with van der Waals surface area (Å²) in [5, 5.41) is 9.09. The van der Waals surface area contributed by atoms with Crippen molar-refractivity contribution in [3.63, 3.8) is 0 Å². The van der Waals surface area contributed by atoms with Gasteiger partial charge in [-0.15, -0.1) is 11.3 Å². The standard InChI is InChI=1S/C10H17N3OS/c1-8(2)10(14)13-4-3-11-7-9-12-5-6-15-9/h5-6,8,11H,3-4,7H2,1-2H3,(H,13,14). The van der Waals surface area contributed by atoms with E-state index in [0.717, 1.165) is 18.1 Å². The Bertz CT molecular complexity index is 285. The average molecular weight is 227 g/mol. The van der Waals surface area contributed by atoms with E-state index >= 15 is 0 Å². The molecule has 15 heavy (non-hydrogen) atoms. The summed E-state index contributed by atoms with van der Waals surface area (Å²) in [6.45, 7) is 5.99. The van der Waals surface area contributed by atoms with E-state index in [-0.39, 0.29) is 11.8 Å². The Morgan fingerprint density at radius 2 is 2.33 bits per heavy atom. The minimum Gasteiger partial charge on any atom is -0.355 e. The SMILES string of the molecule is CC(C)C(=O)NCCNCc1nccs1. The summed E-state index contributed by atoms with van der Waals surface area (Å²) < 4.78 is 0. The third-order valence-corrected chi connectivity index (χ3v) is 2.66. The van der Waals surface area contributed by atoms with E-state index in [2.05, 4.69) is 15.6 Å². The molecule has 1 aromatic heterocycles. The first-order valence-corrected chi connectivity index (χ1v) is 5.95. The molecule has 4 nitrogen and oxygen atoms in total. The Morgan fingerprint density at radius 3 is 2.93 bits per heavy atom. The van der Waals surface area contributed by atoms with Crippen LogP contribution in [0.4, 0.5) is 0 Å². The first-order valence-electron chi connectivity index (χ1n) is 5.07. The predicted octanol–water partition coefficient (Wildman–Crippen LogP) is 1.00. The van der Waals surface area contributed by atoms with Crippen molar-refractivity contribution in [1.82, 2.24) is 15.6 Å². The molecule has 0 spiro atoms. The summed E-state index contributed by atoms with van der Waals surface area (Å²) >= 11 is 1.63. The van der Waals surface area contributed by atoms with Gasteiger partial charge in [-0.2, -0.15) is 0 Å². The van der Waals surface area contributed by atoms with Crippen LogP contribution >= 0.6 is 11.3 Å². The van der Waals surface area contributed by atoms with Crippen molar-refractivity contribution in [2.75, 3.05) is 13.1 Å². The van der Waals surface area contributed by atoms with Crippen LogP contribution in [0.25, 0.3) is 0 Å². The summed E-state index contributed by atoms with van der Waals surface area (Å²) in [5.74, 6) is 0.162. The van der Waals surface area contributed by atoms with Crippen molar-refractivity contribution in [3.8, 4) is 0 Å². The molecule has 5 heteroatoms. The van der Waals surface area contributed by atoms with Crippen LogP contribution in [-0.2, 0) is 11.3 Å². The van der Waals surface area contributed by atoms with Crippen molar-refractivity contribution in [2.45, 2.75) is 20.4 Å². The van der Waals surface area contributed by atoms with Crippen LogP contribution in [0, 0.1) is 5.92 Å². The molecule has 84 valence electrons. The predicted molar refractivity (Wildman–Crippen MR) is 61.7 cm³/mol. The van der Waals surface area contributed by atoms with Crippen LogP contribution in [-0.4, -0.2) is 24.0 Å². The van der Waals surface area contributed by atoms with Gasteiger partial charge >= 0.3 is 0 Å². The molecule has 1 aromatic rings. The summed E-state index contributed by atoms with van der Waals surface area (Å²) in [4.78, 5) is 15.3. The van der Waals surface area contributed by atoms with Gasteiger partial charge in [0.25, 0.3) is 0 Å². The molecule has 0 bridgehead atoms. The normalized spacial score (nSPS) is 10.6. The maximum absolute atomic E-state index is 11.2. The van der Waals surface area contributed by atoms with Gasteiger partial charge in [-0.25, -0.2) is 4.98 Å². The highest BCUT2D eigenvalue weighted by atomic mass is 32.1. The third kappa shape index (κ3) is 4.90. The molecule has 1 heterocycles. The second kappa shape index (κ2) is 6.53. The highest BCUT2D eigenvalue weighted by Crippen LogP contribution is 2.01. The lowest BCUT2D eigenvalue weighted by atomic mass is 10.2. The fraction of sp³-hybridized carbons (Fsp3) is 0.600. The molecule has 0 aromatic carbocycles. The van der Waals surface area contributed by atoms with E-state index in [0.29, 0.717) is 6.54 Å². The number of thiazole rings is 1. The molecule has 0 aliphatic carbocycles. The topological polar surface area (TPSA) is 54.0 Å². The third-order valence-electron chi connectivity index (χ3n) is 1.89.